The number of aromatic nitrogens is 2. The summed E-state index contributed by atoms with van der Waals surface area (Å²) in [5.41, 5.74) is 4.07. The van der Waals surface area contributed by atoms with E-state index in [1.54, 1.807) is 0 Å². The molecule has 4 aromatic carbocycles. The number of aliphatic imine (C=N–C) groups is 2. The van der Waals surface area contributed by atoms with Crippen molar-refractivity contribution in [3.8, 4) is 0 Å². The number of benzene rings is 4. The predicted molar refractivity (Wildman–Crippen MR) is 225 cm³/mol. The van der Waals surface area contributed by atoms with Gasteiger partial charge in [-0.25, -0.2) is 0 Å². The van der Waals surface area contributed by atoms with Gasteiger partial charge in [0.1, 0.15) is 0 Å². The van der Waals surface area contributed by atoms with Crippen LogP contribution >= 0.6 is 7.92 Å². The first kappa shape index (κ1) is 37.7. The molecular formula is C46H44BN5PRu. The maximum absolute atomic E-state index is 4.95. The van der Waals surface area contributed by atoms with Crippen molar-refractivity contribution in [2.24, 2.45) is 9.98 Å². The van der Waals surface area contributed by atoms with Gasteiger partial charge in [-0.2, -0.15) is 18.0 Å². The number of fused-ring (bicyclic) bond motifs is 3. The Bertz CT molecular complexity index is 2080. The molecule has 2 saturated heterocycles. The van der Waals surface area contributed by atoms with E-state index in [4.69, 9.17) is 20.3 Å². The van der Waals surface area contributed by atoms with Gasteiger partial charge in [-0.15, -0.1) is 6.71 Å². The number of aryl methyl sites for hydroxylation is 1. The van der Waals surface area contributed by atoms with Gasteiger partial charge in [0.2, 0.25) is 0 Å². The van der Waals surface area contributed by atoms with Crippen LogP contribution in [0.15, 0.2) is 162 Å². The van der Waals surface area contributed by atoms with Crippen molar-refractivity contribution in [3.63, 3.8) is 0 Å². The van der Waals surface area contributed by atoms with Crippen LogP contribution < -0.4 is 15.9 Å². The van der Waals surface area contributed by atoms with Crippen molar-refractivity contribution in [3.05, 3.63) is 179 Å². The van der Waals surface area contributed by atoms with Crippen LogP contribution in [0, 0.1) is 6.92 Å². The van der Waals surface area contributed by atoms with Crippen LogP contribution in [0.5, 0.6) is 0 Å². The molecule has 9 rings (SSSR count). The van der Waals surface area contributed by atoms with E-state index in [2.05, 4.69) is 114 Å². The molecule has 1 radical (unpaired) electrons. The van der Waals surface area contributed by atoms with E-state index in [1.807, 2.05) is 49.4 Å². The Balaban J connectivity index is 0.000000191. The fourth-order valence-electron chi connectivity index (χ4n) is 8.28. The number of hydrogen-bond donors (Lipinski definition) is 0. The minimum atomic E-state index is -0.446. The van der Waals surface area contributed by atoms with E-state index in [0.717, 1.165) is 53.0 Å². The second-order valence-corrected chi connectivity index (χ2v) is 16.5. The first-order valence-electron chi connectivity index (χ1n) is 19.0. The van der Waals surface area contributed by atoms with Crippen LogP contribution in [0.25, 0.3) is 5.32 Å². The molecular weight excluding hydrogens is 765 g/mol. The van der Waals surface area contributed by atoms with Crippen LogP contribution in [0.2, 0.25) is 11.6 Å². The fraction of sp³-hybridized carbons (Fsp3) is 0.217. The second kappa shape index (κ2) is 18.2. The van der Waals surface area contributed by atoms with Gasteiger partial charge < -0.3 is 15.3 Å². The molecule has 5 heterocycles. The summed E-state index contributed by atoms with van der Waals surface area (Å²) < 4.78 is 0. The SMILES string of the molecule is Cc1cccc(/N=C2\[N-]/C(=N\c3cccc(C[B-]4C5CCCC4CCC5)n3)c3ccccc32)n1.[Ru+2].c1ccc(P(c2ccccc2)c2ccccc2)cc1. The normalized spacial score (nSPS) is 19.0. The number of rotatable bonds is 7. The van der Waals surface area contributed by atoms with Crippen LogP contribution in [-0.2, 0) is 25.8 Å². The third-order valence-electron chi connectivity index (χ3n) is 10.7. The van der Waals surface area contributed by atoms with Crippen LogP contribution in [-0.4, -0.2) is 28.4 Å². The average Bonchev–Trinajstić information content (AvgIpc) is 3.53. The Morgan fingerprint density at radius 3 is 1.48 bits per heavy atom. The first-order chi connectivity index (χ1) is 26.2. The van der Waals surface area contributed by atoms with E-state index in [-0.39, 0.29) is 19.5 Å². The maximum atomic E-state index is 4.95. The van der Waals surface area contributed by atoms with Gasteiger partial charge in [-0.1, -0.05) is 166 Å². The summed E-state index contributed by atoms with van der Waals surface area (Å²) in [6.45, 7) is 2.76. The molecule has 2 bridgehead atoms. The monoisotopic (exact) mass is 810 g/mol. The van der Waals surface area contributed by atoms with Gasteiger partial charge in [-0.05, 0) is 66.2 Å². The molecule has 2 fully saturated rings. The summed E-state index contributed by atoms with van der Waals surface area (Å²) >= 11 is 0. The minimum absolute atomic E-state index is 0. The molecule has 0 saturated carbocycles. The molecule has 0 aliphatic carbocycles. The number of nitrogens with zero attached hydrogens (tertiary/aromatic N) is 5. The molecule has 2 aromatic heterocycles. The van der Waals surface area contributed by atoms with Crippen molar-refractivity contribution < 1.29 is 19.5 Å². The van der Waals surface area contributed by atoms with Gasteiger partial charge in [0.05, 0.1) is 11.6 Å². The Morgan fingerprint density at radius 1 is 0.556 bits per heavy atom. The minimum Gasteiger partial charge on any atom is -0.357 e. The molecule has 5 nitrogen and oxygen atoms in total. The standard InChI is InChI=1S/C28H29BN5.C18H15P.Ru/c1-19-8-4-16-25(30-19)32-27-23-14-2-3-15-24(23)28(34-27)33-26-17-7-13-22(31-26)18-29-20-9-5-10-21(29)12-6-11-20;1-4-10-16(11-5-1)19(17-12-6-2-7-13-17)18-14-8-3-9-15-18;/h2-4,7-8,13-17,20-21H,5-6,9-12,18H2,1H3;1-15H;/q-2;;+2. The van der Waals surface area contributed by atoms with E-state index in [1.165, 1.54) is 54.4 Å². The molecule has 0 N–H and O–H groups in total. The molecule has 8 heteroatoms. The molecule has 0 unspecified atom stereocenters. The zero-order valence-electron chi connectivity index (χ0n) is 30.7. The van der Waals surface area contributed by atoms with Crippen molar-refractivity contribution >= 4 is 53.9 Å². The van der Waals surface area contributed by atoms with Crippen molar-refractivity contribution in [1.29, 1.82) is 0 Å². The van der Waals surface area contributed by atoms with Crippen molar-refractivity contribution in [1.82, 2.24) is 9.97 Å². The summed E-state index contributed by atoms with van der Waals surface area (Å²) in [5, 5.41) is 8.98. The zero-order chi connectivity index (χ0) is 35.8. The second-order valence-electron chi connectivity index (χ2n) is 14.2. The van der Waals surface area contributed by atoms with Crippen molar-refractivity contribution in [2.75, 3.05) is 0 Å². The maximum Gasteiger partial charge on any atom is 2.00 e. The Labute approximate surface area is 334 Å². The van der Waals surface area contributed by atoms with Crippen molar-refractivity contribution in [2.45, 2.75) is 63.4 Å². The quantitative estimate of drug-likeness (QED) is 0.119. The zero-order valence-corrected chi connectivity index (χ0v) is 33.3. The fourth-order valence-corrected chi connectivity index (χ4v) is 10.6. The molecule has 3 aliphatic rings. The molecule has 0 spiro atoms. The number of amidine groups is 2. The summed E-state index contributed by atoms with van der Waals surface area (Å²) in [5.74, 6) is 4.47. The van der Waals surface area contributed by atoms with E-state index in [9.17, 15) is 0 Å². The van der Waals surface area contributed by atoms with E-state index < -0.39 is 7.92 Å². The van der Waals surface area contributed by atoms with E-state index >= 15 is 0 Å². The summed E-state index contributed by atoms with van der Waals surface area (Å²) in [7, 11) is -0.446. The topological polar surface area (TPSA) is 64.6 Å². The van der Waals surface area contributed by atoms with Gasteiger partial charge in [0.25, 0.3) is 0 Å². The third-order valence-corrected chi connectivity index (χ3v) is 13.2. The van der Waals surface area contributed by atoms with E-state index in [0.29, 0.717) is 17.5 Å². The van der Waals surface area contributed by atoms with Gasteiger partial charge >= 0.3 is 19.5 Å². The van der Waals surface area contributed by atoms with Gasteiger partial charge in [0, 0.05) is 23.1 Å². The molecule has 54 heavy (non-hydrogen) atoms. The van der Waals surface area contributed by atoms with Gasteiger partial charge in [-0.3, -0.25) is 9.97 Å². The van der Waals surface area contributed by atoms with Crippen LogP contribution in [0.1, 0.15) is 61.0 Å². The molecule has 3 aliphatic heterocycles. The average molecular weight is 810 g/mol. The Morgan fingerprint density at radius 2 is 1.00 bits per heavy atom. The summed E-state index contributed by atoms with van der Waals surface area (Å²) in [4.78, 5) is 19.1. The summed E-state index contributed by atoms with van der Waals surface area (Å²) in [6.07, 6.45) is 9.50. The Kier molecular flexibility index (Phi) is 12.7. The molecule has 269 valence electrons. The predicted octanol–water partition coefficient (Wildman–Crippen LogP) is 10.5. The van der Waals surface area contributed by atoms with Gasteiger partial charge in [0.15, 0.2) is 0 Å². The van der Waals surface area contributed by atoms with Crippen LogP contribution in [0.4, 0.5) is 11.6 Å². The number of pyridine rings is 2. The van der Waals surface area contributed by atoms with Crippen LogP contribution in [0.3, 0.4) is 0 Å². The summed E-state index contributed by atoms with van der Waals surface area (Å²) in [6, 6.07) is 52.5. The third kappa shape index (κ3) is 9.03. The smallest absolute Gasteiger partial charge is 0.357 e. The molecule has 6 aromatic rings. The largest absolute Gasteiger partial charge is 2.00 e. The number of hydrogen-bond acceptors (Lipinski definition) is 4. The first-order valence-corrected chi connectivity index (χ1v) is 20.4. The molecule has 0 atom stereocenters. The Hall–Kier alpha value is -4.56. The molecule has 0 amide bonds.